The number of aromatic nitrogens is 1. The number of halogens is 3. The highest BCUT2D eigenvalue weighted by Gasteiger charge is 2.18. The molecule has 0 fully saturated rings. The summed E-state index contributed by atoms with van der Waals surface area (Å²) in [5, 5.41) is 9.14. The first-order chi connectivity index (χ1) is 10.5. The van der Waals surface area contributed by atoms with Crippen LogP contribution < -0.4 is 9.47 Å². The van der Waals surface area contributed by atoms with Gasteiger partial charge in [-0.05, 0) is 12.1 Å². The number of rotatable bonds is 3. The topological polar surface area (TPSA) is 72.2 Å². The number of carbonyl (C=O) groups is 1. The van der Waals surface area contributed by atoms with Gasteiger partial charge in [0.25, 0.3) is 0 Å². The monoisotopic (exact) mass is 356 g/mol. The van der Waals surface area contributed by atoms with Crippen molar-refractivity contribution in [3.63, 3.8) is 0 Å². The molecule has 1 heterocycles. The number of benzene rings is 1. The third-order valence-electron chi connectivity index (χ3n) is 2.59. The molecule has 0 bridgehead atoms. The number of esters is 1. The molecule has 0 aliphatic rings. The van der Waals surface area contributed by atoms with E-state index in [1.807, 2.05) is 6.07 Å². The molecule has 0 amide bonds. The second kappa shape index (κ2) is 6.84. The fraction of sp³-hybridized carbons (Fsp3) is 0.0714. The van der Waals surface area contributed by atoms with Crippen LogP contribution in [-0.2, 0) is 0 Å². The number of pyridine rings is 1. The molecule has 0 aliphatic heterocycles. The predicted octanol–water partition coefficient (Wildman–Crippen LogP) is 4.14. The number of nitrogens with zero attached hydrogens (tertiary/aromatic N) is 2. The van der Waals surface area contributed by atoms with E-state index in [0.29, 0.717) is 0 Å². The van der Waals surface area contributed by atoms with Crippen LogP contribution in [0, 0.1) is 11.3 Å². The molecule has 0 spiro atoms. The SMILES string of the molecule is COc1cc(C#N)cc(Cl)c1OC(=O)c1cnc(Cl)c(Cl)c1. The number of hydrogen-bond donors (Lipinski definition) is 0. The Hall–Kier alpha value is -2.00. The maximum Gasteiger partial charge on any atom is 0.345 e. The number of methoxy groups -OCH3 is 1. The summed E-state index contributed by atoms with van der Waals surface area (Å²) >= 11 is 17.5. The Morgan fingerprint density at radius 3 is 2.55 bits per heavy atom. The Kier molecular flexibility index (Phi) is 5.09. The number of ether oxygens (including phenoxy) is 2. The van der Waals surface area contributed by atoms with Crippen molar-refractivity contribution in [1.29, 1.82) is 5.26 Å². The Morgan fingerprint density at radius 2 is 1.95 bits per heavy atom. The minimum Gasteiger partial charge on any atom is -0.493 e. The summed E-state index contributed by atoms with van der Waals surface area (Å²) in [4.78, 5) is 15.9. The van der Waals surface area contributed by atoms with Gasteiger partial charge in [-0.15, -0.1) is 0 Å². The molecular weight excluding hydrogens is 351 g/mol. The zero-order valence-electron chi connectivity index (χ0n) is 11.1. The van der Waals surface area contributed by atoms with Gasteiger partial charge in [-0.25, -0.2) is 9.78 Å². The smallest absolute Gasteiger partial charge is 0.345 e. The van der Waals surface area contributed by atoms with Crippen LogP contribution in [0.5, 0.6) is 11.5 Å². The third-order valence-corrected chi connectivity index (χ3v) is 3.55. The number of nitriles is 1. The Morgan fingerprint density at radius 1 is 1.23 bits per heavy atom. The first-order valence-electron chi connectivity index (χ1n) is 5.77. The lowest BCUT2D eigenvalue weighted by atomic mass is 10.2. The third kappa shape index (κ3) is 3.42. The van der Waals surface area contributed by atoms with E-state index in [1.54, 1.807) is 0 Å². The molecule has 112 valence electrons. The molecule has 1 aromatic heterocycles. The van der Waals surface area contributed by atoms with Crippen molar-refractivity contribution in [2.75, 3.05) is 7.11 Å². The van der Waals surface area contributed by atoms with Crippen molar-refractivity contribution >= 4 is 40.8 Å². The van der Waals surface area contributed by atoms with Gasteiger partial charge in [-0.2, -0.15) is 5.26 Å². The molecular formula is C14H7Cl3N2O3. The summed E-state index contributed by atoms with van der Waals surface area (Å²) in [5.41, 5.74) is 0.370. The van der Waals surface area contributed by atoms with Gasteiger partial charge >= 0.3 is 5.97 Å². The van der Waals surface area contributed by atoms with Crippen molar-refractivity contribution in [2.24, 2.45) is 0 Å². The van der Waals surface area contributed by atoms with Crippen molar-refractivity contribution in [2.45, 2.75) is 0 Å². The largest absolute Gasteiger partial charge is 0.493 e. The summed E-state index contributed by atoms with van der Waals surface area (Å²) in [5.74, 6) is -0.583. The van der Waals surface area contributed by atoms with E-state index >= 15 is 0 Å². The second-order valence-corrected chi connectivity index (χ2v) is 5.16. The summed E-state index contributed by atoms with van der Waals surface area (Å²) in [6.07, 6.45) is 1.22. The molecule has 0 aliphatic carbocycles. The highest BCUT2D eigenvalue weighted by atomic mass is 35.5. The second-order valence-electron chi connectivity index (χ2n) is 3.99. The fourth-order valence-electron chi connectivity index (χ4n) is 1.57. The van der Waals surface area contributed by atoms with Crippen molar-refractivity contribution in [1.82, 2.24) is 4.98 Å². The maximum atomic E-state index is 12.1. The van der Waals surface area contributed by atoms with E-state index in [1.165, 1.54) is 31.5 Å². The van der Waals surface area contributed by atoms with Gasteiger partial charge in [0.05, 0.1) is 34.4 Å². The van der Waals surface area contributed by atoms with E-state index in [4.69, 9.17) is 49.5 Å². The van der Waals surface area contributed by atoms with Gasteiger partial charge in [-0.1, -0.05) is 34.8 Å². The summed E-state index contributed by atoms with van der Waals surface area (Å²) in [7, 11) is 1.37. The molecule has 0 unspecified atom stereocenters. The molecule has 0 saturated carbocycles. The van der Waals surface area contributed by atoms with Crippen LogP contribution in [0.4, 0.5) is 0 Å². The summed E-state index contributed by atoms with van der Waals surface area (Å²) < 4.78 is 10.3. The molecule has 22 heavy (non-hydrogen) atoms. The minimum atomic E-state index is -0.740. The molecule has 0 radical (unpaired) electrons. The molecule has 8 heteroatoms. The lowest BCUT2D eigenvalue weighted by Crippen LogP contribution is -2.10. The molecule has 5 nitrogen and oxygen atoms in total. The van der Waals surface area contributed by atoms with Gasteiger partial charge in [0, 0.05) is 12.3 Å². The van der Waals surface area contributed by atoms with Crippen molar-refractivity contribution < 1.29 is 14.3 Å². The maximum absolute atomic E-state index is 12.1. The summed E-state index contributed by atoms with van der Waals surface area (Å²) in [6.45, 7) is 0. The van der Waals surface area contributed by atoms with Crippen LogP contribution in [-0.4, -0.2) is 18.1 Å². The van der Waals surface area contributed by atoms with Gasteiger partial charge in [0.2, 0.25) is 0 Å². The number of hydrogen-bond acceptors (Lipinski definition) is 5. The molecule has 0 saturated heterocycles. The van der Waals surface area contributed by atoms with Gasteiger partial charge in [-0.3, -0.25) is 0 Å². The Balaban J connectivity index is 2.36. The highest BCUT2D eigenvalue weighted by molar-refractivity contribution is 6.41. The molecule has 2 aromatic rings. The zero-order valence-corrected chi connectivity index (χ0v) is 13.3. The quantitative estimate of drug-likeness (QED) is 0.469. The molecule has 1 aromatic carbocycles. The molecule has 2 rings (SSSR count). The minimum absolute atomic E-state index is 0.000705. The normalized spacial score (nSPS) is 9.95. The molecule has 0 atom stereocenters. The Labute approximate surface area is 140 Å². The standard InChI is InChI=1S/C14H7Cl3N2O3/c1-21-11-3-7(5-18)2-9(15)12(11)22-14(20)8-4-10(16)13(17)19-6-8/h2-4,6H,1H3. The fourth-order valence-corrected chi connectivity index (χ4v) is 2.09. The summed E-state index contributed by atoms with van der Waals surface area (Å²) in [6, 6.07) is 6.01. The lowest BCUT2D eigenvalue weighted by Gasteiger charge is -2.11. The van der Waals surface area contributed by atoms with Crippen molar-refractivity contribution in [3.8, 4) is 17.6 Å². The van der Waals surface area contributed by atoms with Crippen LogP contribution in [0.15, 0.2) is 24.4 Å². The van der Waals surface area contributed by atoms with E-state index in [-0.39, 0.29) is 37.8 Å². The first kappa shape index (κ1) is 16.4. The van der Waals surface area contributed by atoms with Gasteiger partial charge in [0.1, 0.15) is 5.15 Å². The Bertz CT molecular complexity index is 788. The van der Waals surface area contributed by atoms with Crippen LogP contribution in [0.3, 0.4) is 0 Å². The van der Waals surface area contributed by atoms with Crippen molar-refractivity contribution in [3.05, 3.63) is 50.7 Å². The predicted molar refractivity (Wildman–Crippen MR) is 81.9 cm³/mol. The van der Waals surface area contributed by atoms with E-state index in [9.17, 15) is 4.79 Å². The molecule has 0 N–H and O–H groups in total. The van der Waals surface area contributed by atoms with E-state index < -0.39 is 5.97 Å². The number of carbonyl (C=O) groups excluding carboxylic acids is 1. The van der Waals surface area contributed by atoms with E-state index in [0.717, 1.165) is 0 Å². The van der Waals surface area contributed by atoms with Crippen LogP contribution in [0.25, 0.3) is 0 Å². The zero-order chi connectivity index (χ0) is 16.3. The van der Waals surface area contributed by atoms with Gasteiger partial charge < -0.3 is 9.47 Å². The van der Waals surface area contributed by atoms with Crippen LogP contribution in [0.1, 0.15) is 15.9 Å². The average molecular weight is 358 g/mol. The average Bonchev–Trinajstić information content (AvgIpc) is 2.51. The lowest BCUT2D eigenvalue weighted by molar-refractivity contribution is 0.0729. The highest BCUT2D eigenvalue weighted by Crippen LogP contribution is 2.36. The van der Waals surface area contributed by atoms with Gasteiger partial charge in [0.15, 0.2) is 11.5 Å². The first-order valence-corrected chi connectivity index (χ1v) is 6.90. The van der Waals surface area contributed by atoms with E-state index in [2.05, 4.69) is 4.98 Å². The van der Waals surface area contributed by atoms with Crippen LogP contribution in [0.2, 0.25) is 15.2 Å². The van der Waals surface area contributed by atoms with Crippen LogP contribution >= 0.6 is 34.8 Å².